The number of methoxy groups -OCH3 is 2. The molecule has 0 radical (unpaired) electrons. The summed E-state index contributed by atoms with van der Waals surface area (Å²) in [5, 5.41) is 22.1. The highest BCUT2D eigenvalue weighted by Gasteiger charge is 2.22. The summed E-state index contributed by atoms with van der Waals surface area (Å²) in [6.07, 6.45) is 0.591. The van der Waals surface area contributed by atoms with E-state index in [-0.39, 0.29) is 12.5 Å². The molecule has 1 fully saturated rings. The number of ether oxygens (including phenoxy) is 4. The molecule has 2 aromatic heterocycles. The van der Waals surface area contributed by atoms with Gasteiger partial charge in [0.25, 0.3) is 0 Å². The number of aryl methyl sites for hydroxylation is 1. The Bertz CT molecular complexity index is 1600. The first-order valence-corrected chi connectivity index (χ1v) is 16.1. The Kier molecular flexibility index (Phi) is 12.5. The number of aliphatic hydroxyl groups excluding tert-OH is 1. The number of benzene rings is 2. The highest BCUT2D eigenvalue weighted by Crippen LogP contribution is 2.38. The van der Waals surface area contributed by atoms with Gasteiger partial charge in [-0.05, 0) is 68.9 Å². The fraction of sp³-hybridized carbons (Fsp3) is 0.486. The number of likely N-dealkylation sites (N-methyl/N-ethyl adjacent to an activating group) is 1. The molecule has 0 amide bonds. The molecule has 0 spiro atoms. The molecule has 11 nitrogen and oxygen atoms in total. The van der Waals surface area contributed by atoms with Crippen LogP contribution < -0.4 is 34.9 Å². The highest BCUT2D eigenvalue weighted by atomic mass is 16.5. The Labute approximate surface area is 272 Å². The van der Waals surface area contributed by atoms with Crippen molar-refractivity contribution in [2.75, 3.05) is 85.4 Å². The Morgan fingerprint density at radius 1 is 0.783 bits per heavy atom. The predicted octanol–water partition coefficient (Wildman–Crippen LogP) is 5.05. The molecule has 0 saturated carbocycles. The van der Waals surface area contributed by atoms with E-state index in [4.69, 9.17) is 28.9 Å². The maximum atomic E-state index is 10.5. The summed E-state index contributed by atoms with van der Waals surface area (Å²) in [6.45, 7) is 9.90. The molecule has 2 atom stereocenters. The third-order valence-corrected chi connectivity index (χ3v) is 8.12. The standard InChI is InChI=1S/C33H44N6O5.C2H6/c1-20-10-32(35-3)37-26-14-30(28(41-5)11-23(20)26)43-18-21(16-34-2)24-13-33(36-4)38-27-15-31(29(42-6)12-25(24)27)44-19-22(40)17-39-8-7-9-39;1-2/h10-15,21-22,34,40H,7-9,16-19H2,1-6H3,(H,35,37)(H,36,38);1-2H3/t21?,22-;/m1./s1. The van der Waals surface area contributed by atoms with E-state index in [1.165, 1.54) is 6.42 Å². The average Bonchev–Trinajstić information content (AvgIpc) is 3.06. The highest BCUT2D eigenvalue weighted by molar-refractivity contribution is 5.88. The Balaban J connectivity index is 0.00000235. The summed E-state index contributed by atoms with van der Waals surface area (Å²) in [6, 6.07) is 11.8. The first-order valence-electron chi connectivity index (χ1n) is 16.1. The van der Waals surface area contributed by atoms with Crippen LogP contribution in [0.3, 0.4) is 0 Å². The lowest BCUT2D eigenvalue weighted by Crippen LogP contribution is -2.43. The van der Waals surface area contributed by atoms with Crippen LogP contribution in [0, 0.1) is 6.92 Å². The van der Waals surface area contributed by atoms with Gasteiger partial charge in [0.05, 0.1) is 31.9 Å². The molecule has 4 N–H and O–H groups in total. The number of hydrogen-bond acceptors (Lipinski definition) is 11. The second kappa shape index (κ2) is 16.5. The third kappa shape index (κ3) is 8.01. The normalized spacial score (nSPS) is 14.1. The Morgan fingerprint density at radius 2 is 1.35 bits per heavy atom. The van der Waals surface area contributed by atoms with E-state index in [0.29, 0.717) is 42.7 Å². The van der Waals surface area contributed by atoms with E-state index in [9.17, 15) is 5.11 Å². The van der Waals surface area contributed by atoms with E-state index in [1.807, 2.05) is 71.4 Å². The summed E-state index contributed by atoms with van der Waals surface area (Å²) >= 11 is 0. The molecular formula is C35H50N6O5. The predicted molar refractivity (Wildman–Crippen MR) is 186 cm³/mol. The lowest BCUT2D eigenvalue weighted by Gasteiger charge is -2.32. The topological polar surface area (TPSA) is 122 Å². The molecule has 11 heteroatoms. The zero-order valence-electron chi connectivity index (χ0n) is 28.5. The van der Waals surface area contributed by atoms with Crippen molar-refractivity contribution in [3.63, 3.8) is 0 Å². The largest absolute Gasteiger partial charge is 0.493 e. The summed E-state index contributed by atoms with van der Waals surface area (Å²) in [5.41, 5.74) is 3.73. The number of aliphatic hydroxyl groups is 1. The number of nitrogens with zero attached hydrogens (tertiary/aromatic N) is 3. The van der Waals surface area contributed by atoms with E-state index >= 15 is 0 Å². The average molecular weight is 635 g/mol. The Morgan fingerprint density at radius 3 is 1.89 bits per heavy atom. The summed E-state index contributed by atoms with van der Waals surface area (Å²) in [4.78, 5) is 11.8. The lowest BCUT2D eigenvalue weighted by atomic mass is 9.95. The van der Waals surface area contributed by atoms with Gasteiger partial charge < -0.3 is 44.9 Å². The lowest BCUT2D eigenvalue weighted by molar-refractivity contribution is 0.0460. The first-order chi connectivity index (χ1) is 22.4. The van der Waals surface area contributed by atoms with Crippen LogP contribution in [0.15, 0.2) is 36.4 Å². The van der Waals surface area contributed by atoms with Crippen molar-refractivity contribution in [3.05, 3.63) is 47.5 Å². The monoisotopic (exact) mass is 634 g/mol. The molecule has 4 aromatic rings. The molecule has 46 heavy (non-hydrogen) atoms. The van der Waals surface area contributed by atoms with Gasteiger partial charge >= 0.3 is 0 Å². The van der Waals surface area contributed by atoms with E-state index in [2.05, 4.69) is 27.8 Å². The molecule has 5 rings (SSSR count). The van der Waals surface area contributed by atoms with Gasteiger partial charge in [-0.15, -0.1) is 0 Å². The smallest absolute Gasteiger partial charge is 0.163 e. The number of β-amino-alcohol motifs (C(OH)–C–C–N with tert-alkyl or cyclic N) is 1. The maximum Gasteiger partial charge on any atom is 0.163 e. The second-order valence-electron chi connectivity index (χ2n) is 11.1. The van der Waals surface area contributed by atoms with Crippen LogP contribution in [-0.2, 0) is 0 Å². The minimum atomic E-state index is -0.587. The quantitative estimate of drug-likeness (QED) is 0.141. The number of rotatable bonds is 15. The van der Waals surface area contributed by atoms with Crippen molar-refractivity contribution < 1.29 is 24.1 Å². The molecule has 0 bridgehead atoms. The minimum absolute atomic E-state index is 0.0498. The summed E-state index contributed by atoms with van der Waals surface area (Å²) in [7, 11) is 8.90. The molecule has 0 aliphatic carbocycles. The number of aromatic nitrogens is 2. The number of pyridine rings is 2. The van der Waals surface area contributed by atoms with E-state index in [1.54, 1.807) is 14.2 Å². The van der Waals surface area contributed by atoms with Crippen LogP contribution in [-0.4, -0.2) is 101 Å². The van der Waals surface area contributed by atoms with Gasteiger partial charge in [-0.1, -0.05) is 13.8 Å². The third-order valence-electron chi connectivity index (χ3n) is 8.12. The molecule has 3 heterocycles. The zero-order valence-corrected chi connectivity index (χ0v) is 28.5. The summed E-state index contributed by atoms with van der Waals surface area (Å²) in [5.74, 6) is 3.87. The van der Waals surface area contributed by atoms with Gasteiger partial charge in [0, 0.05) is 56.0 Å². The second-order valence-corrected chi connectivity index (χ2v) is 11.1. The molecule has 2 aromatic carbocycles. The zero-order chi connectivity index (χ0) is 33.2. The first kappa shape index (κ1) is 34.8. The van der Waals surface area contributed by atoms with Gasteiger partial charge in [-0.25, -0.2) is 9.97 Å². The van der Waals surface area contributed by atoms with E-state index < -0.39 is 6.10 Å². The van der Waals surface area contributed by atoms with Crippen molar-refractivity contribution in [1.29, 1.82) is 0 Å². The number of hydrogen-bond donors (Lipinski definition) is 4. The summed E-state index contributed by atoms with van der Waals surface area (Å²) < 4.78 is 24.0. The van der Waals surface area contributed by atoms with Crippen LogP contribution in [0.2, 0.25) is 0 Å². The Hall–Kier alpha value is -4.06. The van der Waals surface area contributed by atoms with Crippen molar-refractivity contribution in [2.45, 2.75) is 39.2 Å². The van der Waals surface area contributed by atoms with Crippen LogP contribution in [0.1, 0.15) is 37.3 Å². The number of nitrogens with one attached hydrogen (secondary N) is 3. The van der Waals surface area contributed by atoms with Crippen molar-refractivity contribution in [1.82, 2.24) is 20.2 Å². The number of likely N-dealkylation sites (tertiary alicyclic amines) is 1. The molecule has 1 aliphatic heterocycles. The van der Waals surface area contributed by atoms with Crippen molar-refractivity contribution in [3.8, 4) is 23.0 Å². The molecule has 1 unspecified atom stereocenters. The van der Waals surface area contributed by atoms with Gasteiger partial charge in [0.15, 0.2) is 23.0 Å². The fourth-order valence-electron chi connectivity index (χ4n) is 5.60. The maximum absolute atomic E-state index is 10.5. The van der Waals surface area contributed by atoms with Crippen LogP contribution in [0.25, 0.3) is 21.8 Å². The SMILES string of the molecule is CC.CNCC(COc1cc2nc(NC)cc(C)c2cc1OC)c1cc(NC)nc2cc(OC[C@H](O)CN3CCC3)c(OC)cc12. The van der Waals surface area contributed by atoms with Crippen LogP contribution in [0.4, 0.5) is 11.6 Å². The fourth-order valence-corrected chi connectivity index (χ4v) is 5.60. The van der Waals surface area contributed by atoms with Gasteiger partial charge in [0.2, 0.25) is 0 Å². The van der Waals surface area contributed by atoms with Crippen LogP contribution >= 0.6 is 0 Å². The van der Waals surface area contributed by atoms with E-state index in [0.717, 1.165) is 57.7 Å². The number of fused-ring (bicyclic) bond motifs is 2. The molecule has 1 saturated heterocycles. The van der Waals surface area contributed by atoms with Crippen molar-refractivity contribution >= 4 is 33.4 Å². The van der Waals surface area contributed by atoms with Gasteiger partial charge in [0.1, 0.15) is 24.3 Å². The van der Waals surface area contributed by atoms with Crippen LogP contribution in [0.5, 0.6) is 23.0 Å². The van der Waals surface area contributed by atoms with Gasteiger partial charge in [-0.2, -0.15) is 0 Å². The van der Waals surface area contributed by atoms with Crippen molar-refractivity contribution in [2.24, 2.45) is 0 Å². The molecule has 250 valence electrons. The molecular weight excluding hydrogens is 584 g/mol. The van der Waals surface area contributed by atoms with Gasteiger partial charge in [-0.3, -0.25) is 0 Å². The molecule has 1 aliphatic rings. The number of anilines is 2. The minimum Gasteiger partial charge on any atom is -0.493 e.